The number of rotatable bonds is 6. The maximum absolute atomic E-state index is 12.5. The number of piperidine rings is 1. The number of amides is 2. The summed E-state index contributed by atoms with van der Waals surface area (Å²) in [6.45, 7) is 2.97. The molecule has 1 aliphatic heterocycles. The quantitative estimate of drug-likeness (QED) is 0.694. The van der Waals surface area contributed by atoms with Crippen LogP contribution in [0.2, 0.25) is 0 Å². The zero-order valence-corrected chi connectivity index (χ0v) is 16.4. The Morgan fingerprint density at radius 2 is 1.76 bits per heavy atom. The lowest BCUT2D eigenvalue weighted by Crippen LogP contribution is -2.47. The van der Waals surface area contributed by atoms with Crippen molar-refractivity contribution < 1.29 is 24.5 Å². The van der Waals surface area contributed by atoms with E-state index in [-0.39, 0.29) is 41.5 Å². The average Bonchev–Trinajstić information content (AvgIpc) is 2.72. The highest BCUT2D eigenvalue weighted by atomic mass is 16.5. The number of nitrogens with zero attached hydrogens (tertiary/aromatic N) is 1. The molecule has 1 fully saturated rings. The minimum atomic E-state index is -0.250. The fourth-order valence-corrected chi connectivity index (χ4v) is 3.48. The summed E-state index contributed by atoms with van der Waals surface area (Å²) in [5.41, 5.74) is 1.30. The summed E-state index contributed by atoms with van der Waals surface area (Å²) in [6, 6.07) is 11.5. The van der Waals surface area contributed by atoms with Gasteiger partial charge in [0, 0.05) is 30.8 Å². The average molecular weight is 398 g/mol. The highest BCUT2D eigenvalue weighted by Crippen LogP contribution is 2.23. The lowest BCUT2D eigenvalue weighted by atomic mass is 10.0. The molecule has 2 amide bonds. The number of carbonyl (C=O) groups is 2. The molecule has 0 unspecified atom stereocenters. The van der Waals surface area contributed by atoms with Crippen LogP contribution in [0.1, 0.15) is 35.7 Å². The number of ether oxygens (including phenoxy) is 1. The number of phenols is 2. The smallest absolute Gasteiger partial charge is 0.258 e. The van der Waals surface area contributed by atoms with Crippen LogP contribution in [-0.4, -0.2) is 52.7 Å². The molecule has 3 N–H and O–H groups in total. The minimum Gasteiger partial charge on any atom is -0.508 e. The summed E-state index contributed by atoms with van der Waals surface area (Å²) >= 11 is 0. The number of para-hydroxylation sites is 1. The summed E-state index contributed by atoms with van der Waals surface area (Å²) in [5, 5.41) is 22.1. The SMILES string of the molecule is CCc1ccccc1OCC(=O)NC1CCN(C(=O)c2cc(O)cc(O)c2)CC1. The molecule has 0 spiro atoms. The monoisotopic (exact) mass is 398 g/mol. The van der Waals surface area contributed by atoms with E-state index < -0.39 is 0 Å². The Balaban J connectivity index is 1.46. The van der Waals surface area contributed by atoms with Gasteiger partial charge in [-0.25, -0.2) is 0 Å². The van der Waals surface area contributed by atoms with Crippen molar-refractivity contribution in [2.24, 2.45) is 0 Å². The van der Waals surface area contributed by atoms with Gasteiger partial charge in [-0.2, -0.15) is 0 Å². The first-order chi connectivity index (χ1) is 14.0. The highest BCUT2D eigenvalue weighted by molar-refractivity contribution is 5.95. The lowest BCUT2D eigenvalue weighted by molar-refractivity contribution is -0.124. The van der Waals surface area contributed by atoms with Crippen LogP contribution in [0.15, 0.2) is 42.5 Å². The largest absolute Gasteiger partial charge is 0.508 e. The number of nitrogens with one attached hydrogen (secondary N) is 1. The minimum absolute atomic E-state index is 0.0193. The summed E-state index contributed by atoms with van der Waals surface area (Å²) in [4.78, 5) is 26.4. The summed E-state index contributed by atoms with van der Waals surface area (Å²) in [5.74, 6) is -0.0145. The number of likely N-dealkylation sites (tertiary alicyclic amines) is 1. The number of aryl methyl sites for hydroxylation is 1. The van der Waals surface area contributed by atoms with E-state index >= 15 is 0 Å². The Hall–Kier alpha value is -3.22. The van der Waals surface area contributed by atoms with E-state index in [1.54, 1.807) is 4.90 Å². The van der Waals surface area contributed by atoms with Crippen LogP contribution < -0.4 is 10.1 Å². The van der Waals surface area contributed by atoms with Gasteiger partial charge in [-0.15, -0.1) is 0 Å². The number of hydrogen-bond donors (Lipinski definition) is 3. The van der Waals surface area contributed by atoms with Crippen LogP contribution in [-0.2, 0) is 11.2 Å². The molecule has 29 heavy (non-hydrogen) atoms. The Kier molecular flexibility index (Phi) is 6.59. The molecule has 7 heteroatoms. The van der Waals surface area contributed by atoms with Crippen molar-refractivity contribution in [3.05, 3.63) is 53.6 Å². The van der Waals surface area contributed by atoms with Crippen molar-refractivity contribution in [2.75, 3.05) is 19.7 Å². The molecule has 0 bridgehead atoms. The molecule has 0 aliphatic carbocycles. The molecule has 2 aromatic carbocycles. The maximum atomic E-state index is 12.5. The first-order valence-electron chi connectivity index (χ1n) is 9.78. The van der Waals surface area contributed by atoms with Crippen LogP contribution in [0.5, 0.6) is 17.2 Å². The van der Waals surface area contributed by atoms with Crippen LogP contribution in [0.4, 0.5) is 0 Å². The molecule has 0 radical (unpaired) electrons. The van der Waals surface area contributed by atoms with Crippen LogP contribution in [0.3, 0.4) is 0 Å². The van der Waals surface area contributed by atoms with E-state index in [1.807, 2.05) is 31.2 Å². The normalized spacial score (nSPS) is 14.4. The Morgan fingerprint density at radius 3 is 2.41 bits per heavy atom. The Morgan fingerprint density at radius 1 is 1.10 bits per heavy atom. The van der Waals surface area contributed by atoms with E-state index in [1.165, 1.54) is 18.2 Å². The molecule has 1 aliphatic rings. The summed E-state index contributed by atoms with van der Waals surface area (Å²) < 4.78 is 5.65. The van der Waals surface area contributed by atoms with Gasteiger partial charge in [-0.05, 0) is 43.0 Å². The second-order valence-corrected chi connectivity index (χ2v) is 7.12. The molecule has 7 nitrogen and oxygen atoms in total. The molecule has 1 saturated heterocycles. The van der Waals surface area contributed by atoms with Crippen molar-refractivity contribution in [1.29, 1.82) is 0 Å². The van der Waals surface area contributed by atoms with Crippen molar-refractivity contribution in [3.8, 4) is 17.2 Å². The van der Waals surface area contributed by atoms with Gasteiger partial charge in [0.1, 0.15) is 17.2 Å². The van der Waals surface area contributed by atoms with Gasteiger partial charge in [-0.1, -0.05) is 25.1 Å². The highest BCUT2D eigenvalue weighted by Gasteiger charge is 2.25. The van der Waals surface area contributed by atoms with Gasteiger partial charge in [-0.3, -0.25) is 9.59 Å². The number of benzene rings is 2. The third-order valence-electron chi connectivity index (χ3n) is 5.01. The van der Waals surface area contributed by atoms with E-state index in [0.717, 1.165) is 17.7 Å². The van der Waals surface area contributed by atoms with Crippen molar-refractivity contribution in [1.82, 2.24) is 10.2 Å². The van der Waals surface area contributed by atoms with Gasteiger partial charge < -0.3 is 25.2 Å². The fourth-order valence-electron chi connectivity index (χ4n) is 3.48. The Labute approximate surface area is 169 Å². The lowest BCUT2D eigenvalue weighted by Gasteiger charge is -2.32. The van der Waals surface area contributed by atoms with Gasteiger partial charge in [0.05, 0.1) is 0 Å². The second kappa shape index (κ2) is 9.32. The first-order valence-corrected chi connectivity index (χ1v) is 9.78. The Bertz CT molecular complexity index is 855. The zero-order chi connectivity index (χ0) is 20.8. The fraction of sp³-hybridized carbons (Fsp3) is 0.364. The molecular formula is C22H26N2O5. The zero-order valence-electron chi connectivity index (χ0n) is 16.4. The molecular weight excluding hydrogens is 372 g/mol. The molecule has 0 saturated carbocycles. The predicted octanol–water partition coefficient (Wildman–Crippen LogP) is 2.46. The second-order valence-electron chi connectivity index (χ2n) is 7.12. The van der Waals surface area contributed by atoms with Gasteiger partial charge in [0.15, 0.2) is 6.61 Å². The molecule has 0 aromatic heterocycles. The molecule has 1 heterocycles. The van der Waals surface area contributed by atoms with Gasteiger partial charge in [0.25, 0.3) is 11.8 Å². The van der Waals surface area contributed by atoms with Crippen molar-refractivity contribution in [2.45, 2.75) is 32.2 Å². The number of phenolic OH excluding ortho intramolecular Hbond substituents is 2. The van der Waals surface area contributed by atoms with Gasteiger partial charge >= 0.3 is 0 Å². The molecule has 154 valence electrons. The molecule has 0 atom stereocenters. The first kappa shape index (κ1) is 20.5. The maximum Gasteiger partial charge on any atom is 0.258 e. The van der Waals surface area contributed by atoms with Gasteiger partial charge in [0.2, 0.25) is 0 Å². The van der Waals surface area contributed by atoms with Crippen LogP contribution in [0, 0.1) is 0 Å². The van der Waals surface area contributed by atoms with E-state index in [4.69, 9.17) is 4.74 Å². The number of carbonyl (C=O) groups excluding carboxylic acids is 2. The van der Waals surface area contributed by atoms with Crippen molar-refractivity contribution in [3.63, 3.8) is 0 Å². The topological polar surface area (TPSA) is 99.1 Å². The van der Waals surface area contributed by atoms with Crippen LogP contribution in [0.25, 0.3) is 0 Å². The van der Waals surface area contributed by atoms with Crippen LogP contribution >= 0.6 is 0 Å². The standard InChI is InChI=1S/C22H26N2O5/c1-2-15-5-3-4-6-20(15)29-14-21(27)23-17-7-9-24(10-8-17)22(28)16-11-18(25)13-19(26)12-16/h3-6,11-13,17,25-26H,2,7-10,14H2,1H3,(H,23,27). The number of aromatic hydroxyl groups is 2. The van der Waals surface area contributed by atoms with E-state index in [2.05, 4.69) is 5.32 Å². The van der Waals surface area contributed by atoms with Crippen molar-refractivity contribution >= 4 is 11.8 Å². The third kappa shape index (κ3) is 5.40. The van der Waals surface area contributed by atoms with E-state index in [0.29, 0.717) is 25.9 Å². The third-order valence-corrected chi connectivity index (χ3v) is 5.01. The summed E-state index contributed by atoms with van der Waals surface area (Å²) in [6.07, 6.45) is 2.10. The molecule has 3 rings (SSSR count). The molecule has 2 aromatic rings. The van der Waals surface area contributed by atoms with E-state index in [9.17, 15) is 19.8 Å². The summed E-state index contributed by atoms with van der Waals surface area (Å²) in [7, 11) is 0. The number of hydrogen-bond acceptors (Lipinski definition) is 5. The predicted molar refractivity (Wildman–Crippen MR) is 108 cm³/mol.